The smallest absolute Gasteiger partial charge is 0.308 e. The van der Waals surface area contributed by atoms with Crippen LogP contribution in [0.15, 0.2) is 53.3 Å². The summed E-state index contributed by atoms with van der Waals surface area (Å²) < 4.78 is 10.8. The lowest BCUT2D eigenvalue weighted by Crippen LogP contribution is -2.41. The molecule has 1 aromatic heterocycles. The molecule has 0 radical (unpaired) electrons. The zero-order valence-electron chi connectivity index (χ0n) is 19.4. The molecule has 0 aliphatic heterocycles. The summed E-state index contributed by atoms with van der Waals surface area (Å²) in [6.07, 6.45) is 1.16. The van der Waals surface area contributed by atoms with E-state index in [0.717, 1.165) is 0 Å². The van der Waals surface area contributed by atoms with E-state index in [1.54, 1.807) is 42.5 Å². The van der Waals surface area contributed by atoms with Crippen molar-refractivity contribution in [1.82, 2.24) is 15.3 Å². The van der Waals surface area contributed by atoms with Crippen LogP contribution in [-0.2, 0) is 14.3 Å². The first kappa shape index (κ1) is 24.9. The molecule has 3 aromatic rings. The molecule has 3 rings (SSSR count). The molecule has 9 nitrogen and oxygen atoms in total. The number of benzene rings is 2. The van der Waals surface area contributed by atoms with E-state index in [1.165, 1.54) is 0 Å². The molecule has 0 spiro atoms. The minimum atomic E-state index is -0.549. The zero-order valence-corrected chi connectivity index (χ0v) is 19.4. The molecule has 9 heteroatoms. The number of nitrogens with zero attached hydrogens (tertiary/aromatic N) is 1. The molecule has 4 N–H and O–H groups in total. The van der Waals surface area contributed by atoms with Crippen molar-refractivity contribution in [3.63, 3.8) is 0 Å². The van der Waals surface area contributed by atoms with Gasteiger partial charge in [0.15, 0.2) is 0 Å². The Morgan fingerprint density at radius 3 is 2.65 bits per heavy atom. The molecule has 1 unspecified atom stereocenters. The highest BCUT2D eigenvalue weighted by molar-refractivity contribution is 5.81. The van der Waals surface area contributed by atoms with Crippen LogP contribution >= 0.6 is 0 Å². The van der Waals surface area contributed by atoms with Crippen LogP contribution in [0.1, 0.15) is 33.1 Å². The molecule has 0 fully saturated rings. The van der Waals surface area contributed by atoms with Crippen LogP contribution in [-0.4, -0.2) is 41.2 Å². The van der Waals surface area contributed by atoms with Gasteiger partial charge in [0.25, 0.3) is 5.56 Å². The second kappa shape index (κ2) is 11.9. The fraction of sp³-hybridized carbons (Fsp3) is 0.360. The van der Waals surface area contributed by atoms with E-state index in [-0.39, 0.29) is 24.7 Å². The number of H-pyrrole nitrogens is 1. The summed E-state index contributed by atoms with van der Waals surface area (Å²) in [6.45, 7) is 4.05. The van der Waals surface area contributed by atoms with Gasteiger partial charge in [0, 0.05) is 13.0 Å². The van der Waals surface area contributed by atoms with Crippen LogP contribution in [0.3, 0.4) is 0 Å². The number of rotatable bonds is 11. The summed E-state index contributed by atoms with van der Waals surface area (Å²) >= 11 is 0. The van der Waals surface area contributed by atoms with Gasteiger partial charge in [-0.05, 0) is 43.0 Å². The van der Waals surface area contributed by atoms with Gasteiger partial charge in [-0.1, -0.05) is 38.1 Å². The van der Waals surface area contributed by atoms with Gasteiger partial charge in [0.1, 0.15) is 11.6 Å². The van der Waals surface area contributed by atoms with Gasteiger partial charge in [0.05, 0.1) is 22.5 Å². The fourth-order valence-corrected chi connectivity index (χ4v) is 3.42. The first-order valence-electron chi connectivity index (χ1n) is 11.3. The number of esters is 1. The Kier molecular flexibility index (Phi) is 8.75. The molecule has 1 heterocycles. The Hall–Kier alpha value is -3.72. The lowest BCUT2D eigenvalue weighted by atomic mass is 10.0. The lowest BCUT2D eigenvalue weighted by molar-refractivity contribution is -0.150. The van der Waals surface area contributed by atoms with E-state index in [1.807, 2.05) is 19.9 Å². The molecule has 1 atom stereocenters. The van der Waals surface area contributed by atoms with Crippen molar-refractivity contribution in [3.8, 4) is 17.1 Å². The third-order valence-corrected chi connectivity index (χ3v) is 5.11. The first-order chi connectivity index (χ1) is 16.3. The van der Waals surface area contributed by atoms with Crippen LogP contribution < -0.4 is 21.3 Å². The maximum atomic E-state index is 12.4. The lowest BCUT2D eigenvalue weighted by Gasteiger charge is -2.14. The molecule has 0 aliphatic carbocycles. The average molecular weight is 467 g/mol. The van der Waals surface area contributed by atoms with E-state index in [4.69, 9.17) is 15.2 Å². The van der Waals surface area contributed by atoms with E-state index in [0.29, 0.717) is 53.3 Å². The summed E-state index contributed by atoms with van der Waals surface area (Å²) in [7, 11) is 0. The summed E-state index contributed by atoms with van der Waals surface area (Å²) in [6, 6.07) is 13.5. The normalized spacial score (nSPS) is 11.9. The highest BCUT2D eigenvalue weighted by Crippen LogP contribution is 2.27. The van der Waals surface area contributed by atoms with Crippen molar-refractivity contribution in [2.24, 2.45) is 11.7 Å². The standard InChI is InChI=1S/C25H30N4O5/c1-16(2)14-19(26)25(32)27-13-7-12-22(30)34-15-33-21-11-6-4-9-18(21)23-28-20-10-5-3-8-17(20)24(31)29-23/h3-6,8-11,16,19H,7,12-15,26H2,1-2H3,(H,27,32)(H,28,29,31). The molecule has 0 saturated carbocycles. The van der Waals surface area contributed by atoms with Crippen molar-refractivity contribution < 1.29 is 19.1 Å². The van der Waals surface area contributed by atoms with Crippen molar-refractivity contribution >= 4 is 22.8 Å². The van der Waals surface area contributed by atoms with Crippen LogP contribution in [0, 0.1) is 5.92 Å². The Labute approximate surface area is 197 Å². The van der Waals surface area contributed by atoms with Crippen LogP contribution in [0.25, 0.3) is 22.3 Å². The number of para-hydroxylation sites is 2. The summed E-state index contributed by atoms with van der Waals surface area (Å²) in [4.78, 5) is 43.6. The number of nitrogens with two attached hydrogens (primary N) is 1. The molecule has 180 valence electrons. The van der Waals surface area contributed by atoms with Gasteiger partial charge >= 0.3 is 5.97 Å². The van der Waals surface area contributed by atoms with E-state index >= 15 is 0 Å². The van der Waals surface area contributed by atoms with Crippen molar-refractivity contribution in [2.45, 2.75) is 39.2 Å². The number of nitrogens with one attached hydrogen (secondary N) is 2. The predicted molar refractivity (Wildman–Crippen MR) is 129 cm³/mol. The number of carbonyl (C=O) groups is 2. The zero-order chi connectivity index (χ0) is 24.5. The molecule has 0 saturated heterocycles. The third-order valence-electron chi connectivity index (χ3n) is 5.11. The number of hydrogen-bond donors (Lipinski definition) is 3. The van der Waals surface area contributed by atoms with Gasteiger partial charge < -0.3 is 25.5 Å². The topological polar surface area (TPSA) is 136 Å². The Morgan fingerprint density at radius 1 is 1.12 bits per heavy atom. The number of carbonyl (C=O) groups excluding carboxylic acids is 2. The van der Waals surface area contributed by atoms with Crippen LogP contribution in [0.2, 0.25) is 0 Å². The quantitative estimate of drug-likeness (QED) is 0.224. The number of amides is 1. The third kappa shape index (κ3) is 6.89. The highest BCUT2D eigenvalue weighted by atomic mass is 16.7. The number of hydrogen-bond acceptors (Lipinski definition) is 7. The van der Waals surface area contributed by atoms with Crippen LogP contribution in [0.4, 0.5) is 0 Å². The summed E-state index contributed by atoms with van der Waals surface area (Å²) in [5, 5.41) is 3.23. The number of aromatic amines is 1. The second-order valence-corrected chi connectivity index (χ2v) is 8.34. The summed E-state index contributed by atoms with van der Waals surface area (Å²) in [5.41, 5.74) is 6.72. The van der Waals surface area contributed by atoms with Gasteiger partial charge in [-0.2, -0.15) is 0 Å². The van der Waals surface area contributed by atoms with E-state index in [9.17, 15) is 14.4 Å². The van der Waals surface area contributed by atoms with Crippen LogP contribution in [0.5, 0.6) is 5.75 Å². The predicted octanol–water partition coefficient (Wildman–Crippen LogP) is 2.74. The molecule has 0 aliphatic rings. The fourth-order valence-electron chi connectivity index (χ4n) is 3.42. The minimum absolute atomic E-state index is 0.129. The minimum Gasteiger partial charge on any atom is -0.457 e. The van der Waals surface area contributed by atoms with E-state index in [2.05, 4.69) is 15.3 Å². The molecular weight excluding hydrogens is 436 g/mol. The maximum absolute atomic E-state index is 12.4. The van der Waals surface area contributed by atoms with Gasteiger partial charge in [-0.15, -0.1) is 0 Å². The second-order valence-electron chi connectivity index (χ2n) is 8.34. The average Bonchev–Trinajstić information content (AvgIpc) is 2.81. The monoisotopic (exact) mass is 466 g/mol. The molecule has 34 heavy (non-hydrogen) atoms. The molecular formula is C25H30N4O5. The molecule has 1 amide bonds. The van der Waals surface area contributed by atoms with Crippen molar-refractivity contribution in [1.29, 1.82) is 0 Å². The maximum Gasteiger partial charge on any atom is 0.308 e. The SMILES string of the molecule is CC(C)CC(N)C(=O)NCCCC(=O)OCOc1ccccc1-c1nc2ccccc2c(=O)[nH]1. The van der Waals surface area contributed by atoms with E-state index < -0.39 is 12.0 Å². The summed E-state index contributed by atoms with van der Waals surface area (Å²) in [5.74, 6) is 0.438. The van der Waals surface area contributed by atoms with Gasteiger partial charge in [-0.25, -0.2) is 4.98 Å². The molecule has 2 aromatic carbocycles. The number of ether oxygens (including phenoxy) is 2. The largest absolute Gasteiger partial charge is 0.457 e. The number of aromatic nitrogens is 2. The first-order valence-corrected chi connectivity index (χ1v) is 11.3. The van der Waals surface area contributed by atoms with Crippen molar-refractivity contribution in [3.05, 3.63) is 58.9 Å². The Morgan fingerprint density at radius 2 is 1.85 bits per heavy atom. The Bertz CT molecular complexity index is 1190. The molecule has 0 bridgehead atoms. The number of fused-ring (bicyclic) bond motifs is 1. The highest BCUT2D eigenvalue weighted by Gasteiger charge is 2.15. The van der Waals surface area contributed by atoms with Gasteiger partial charge in [0.2, 0.25) is 12.7 Å². The Balaban J connectivity index is 1.49. The van der Waals surface area contributed by atoms with Gasteiger partial charge in [-0.3, -0.25) is 14.4 Å². The van der Waals surface area contributed by atoms with Crippen molar-refractivity contribution in [2.75, 3.05) is 13.3 Å².